The van der Waals surface area contributed by atoms with Crippen molar-refractivity contribution in [1.82, 2.24) is 14.7 Å². The maximum atomic E-state index is 13.1. The average Bonchev–Trinajstić information content (AvgIpc) is 3.22. The summed E-state index contributed by atoms with van der Waals surface area (Å²) in [6, 6.07) is 11.0. The molecule has 0 bridgehead atoms. The number of phenolic OH excluding ortho intramolecular Hbond substituents is 2. The van der Waals surface area contributed by atoms with Gasteiger partial charge in [0.05, 0.1) is 16.6 Å². The first kappa shape index (κ1) is 21.0. The van der Waals surface area contributed by atoms with Crippen LogP contribution in [0.15, 0.2) is 36.4 Å². The number of piperazine rings is 1. The number of nitrogens with zero attached hydrogens (tertiary/aromatic N) is 3. The van der Waals surface area contributed by atoms with E-state index in [9.17, 15) is 15.0 Å². The molecule has 2 aliphatic rings. The molecule has 2 saturated heterocycles. The highest BCUT2D eigenvalue weighted by Gasteiger charge is 2.32. The van der Waals surface area contributed by atoms with E-state index in [-0.39, 0.29) is 34.0 Å². The summed E-state index contributed by atoms with van der Waals surface area (Å²) < 4.78 is 0. The number of hydrogen-bond acceptors (Lipinski definition) is 5. The molecule has 0 saturated carbocycles. The van der Waals surface area contributed by atoms with Crippen molar-refractivity contribution >= 4 is 17.5 Å². The zero-order valence-corrected chi connectivity index (χ0v) is 18.0. The Morgan fingerprint density at radius 3 is 2.43 bits per heavy atom. The second kappa shape index (κ2) is 8.84. The normalized spacial score (nSPS) is 20.6. The molecule has 2 N–H and O–H groups in total. The van der Waals surface area contributed by atoms with E-state index in [4.69, 9.17) is 11.6 Å². The second-order valence-electron chi connectivity index (χ2n) is 8.30. The number of carbonyl (C=O) groups is 1. The first-order chi connectivity index (χ1) is 14.4. The SMILES string of the molecule is CN1CCN(Cc2ccc(C3CCCN3C(=O)c3cc(Cl)c(O)cc3O)cc2)CC1. The van der Waals surface area contributed by atoms with Gasteiger partial charge in [-0.3, -0.25) is 9.69 Å². The van der Waals surface area contributed by atoms with E-state index in [0.29, 0.717) is 6.54 Å². The monoisotopic (exact) mass is 429 g/mol. The molecule has 6 nitrogen and oxygen atoms in total. The van der Waals surface area contributed by atoms with Crippen molar-refractivity contribution in [2.24, 2.45) is 0 Å². The van der Waals surface area contributed by atoms with Gasteiger partial charge in [0.15, 0.2) is 0 Å². The van der Waals surface area contributed by atoms with E-state index in [1.165, 1.54) is 11.6 Å². The minimum Gasteiger partial charge on any atom is -0.507 e. The molecule has 7 heteroatoms. The van der Waals surface area contributed by atoms with Gasteiger partial charge in [0.25, 0.3) is 5.91 Å². The Morgan fingerprint density at radius 1 is 1.03 bits per heavy atom. The molecule has 0 aliphatic carbocycles. The molecular weight excluding hydrogens is 402 g/mol. The molecule has 0 spiro atoms. The number of likely N-dealkylation sites (tertiary alicyclic amines) is 1. The van der Waals surface area contributed by atoms with Crippen molar-refractivity contribution in [3.63, 3.8) is 0 Å². The Hall–Kier alpha value is -2.28. The van der Waals surface area contributed by atoms with Gasteiger partial charge in [-0.2, -0.15) is 0 Å². The number of halogens is 1. The van der Waals surface area contributed by atoms with Crippen LogP contribution in [-0.4, -0.2) is 70.6 Å². The first-order valence-electron chi connectivity index (χ1n) is 10.4. The van der Waals surface area contributed by atoms with Gasteiger partial charge in [0, 0.05) is 45.3 Å². The van der Waals surface area contributed by atoms with Crippen LogP contribution in [0.5, 0.6) is 11.5 Å². The Balaban J connectivity index is 1.47. The Morgan fingerprint density at radius 2 is 1.73 bits per heavy atom. The zero-order chi connectivity index (χ0) is 21.3. The van der Waals surface area contributed by atoms with Crippen LogP contribution in [0.25, 0.3) is 0 Å². The summed E-state index contributed by atoms with van der Waals surface area (Å²) in [5, 5.41) is 19.8. The van der Waals surface area contributed by atoms with E-state index in [2.05, 4.69) is 41.1 Å². The molecule has 1 amide bonds. The van der Waals surface area contributed by atoms with Crippen LogP contribution in [0.4, 0.5) is 0 Å². The number of aromatic hydroxyl groups is 2. The lowest BCUT2D eigenvalue weighted by molar-refractivity contribution is 0.0732. The smallest absolute Gasteiger partial charge is 0.258 e. The maximum absolute atomic E-state index is 13.1. The van der Waals surface area contributed by atoms with E-state index in [1.54, 1.807) is 4.90 Å². The quantitative estimate of drug-likeness (QED) is 0.778. The fourth-order valence-electron chi connectivity index (χ4n) is 4.34. The van der Waals surface area contributed by atoms with Crippen molar-refractivity contribution in [3.8, 4) is 11.5 Å². The molecule has 30 heavy (non-hydrogen) atoms. The highest BCUT2D eigenvalue weighted by Crippen LogP contribution is 2.37. The van der Waals surface area contributed by atoms with Crippen LogP contribution in [0.1, 0.15) is 40.4 Å². The van der Waals surface area contributed by atoms with Gasteiger partial charge >= 0.3 is 0 Å². The standard InChI is InChI=1S/C23H28ClN3O3/c1-25-9-11-26(12-10-25)15-16-4-6-17(7-5-16)20-3-2-8-27(20)23(30)18-13-19(24)22(29)14-21(18)28/h4-7,13-14,20,28-29H,2-3,8-12,15H2,1H3. The topological polar surface area (TPSA) is 67.2 Å². The van der Waals surface area contributed by atoms with Crippen molar-refractivity contribution in [3.05, 3.63) is 58.1 Å². The van der Waals surface area contributed by atoms with Gasteiger partial charge in [-0.1, -0.05) is 35.9 Å². The Bertz CT molecular complexity index is 911. The lowest BCUT2D eigenvalue weighted by atomic mass is 10.0. The molecule has 1 unspecified atom stereocenters. The van der Waals surface area contributed by atoms with Crippen LogP contribution >= 0.6 is 11.6 Å². The summed E-state index contributed by atoms with van der Waals surface area (Å²) in [7, 11) is 2.16. The number of carbonyl (C=O) groups excluding carboxylic acids is 1. The highest BCUT2D eigenvalue weighted by molar-refractivity contribution is 6.32. The summed E-state index contributed by atoms with van der Waals surface area (Å²) in [6.45, 7) is 5.95. The lowest BCUT2D eigenvalue weighted by Gasteiger charge is -2.32. The van der Waals surface area contributed by atoms with Gasteiger partial charge in [0.2, 0.25) is 0 Å². The molecule has 160 valence electrons. The predicted octanol–water partition coefficient (Wildman–Crippen LogP) is 3.48. The van der Waals surface area contributed by atoms with Crippen LogP contribution in [0, 0.1) is 0 Å². The number of rotatable bonds is 4. The molecule has 0 aromatic heterocycles. The van der Waals surface area contributed by atoms with Crippen LogP contribution in [0.3, 0.4) is 0 Å². The lowest BCUT2D eigenvalue weighted by Crippen LogP contribution is -2.43. The molecule has 2 aliphatic heterocycles. The van der Waals surface area contributed by atoms with Crippen molar-refractivity contribution in [2.75, 3.05) is 39.8 Å². The molecule has 0 radical (unpaired) electrons. The highest BCUT2D eigenvalue weighted by atomic mass is 35.5. The number of hydrogen-bond donors (Lipinski definition) is 2. The van der Waals surface area contributed by atoms with E-state index in [0.717, 1.165) is 57.2 Å². The summed E-state index contributed by atoms with van der Waals surface area (Å²) >= 11 is 5.96. The fourth-order valence-corrected chi connectivity index (χ4v) is 4.51. The summed E-state index contributed by atoms with van der Waals surface area (Å²) in [6.07, 6.45) is 1.79. The molecule has 1 atom stereocenters. The Labute approximate surface area is 182 Å². The molecule has 2 aromatic carbocycles. The van der Waals surface area contributed by atoms with Crippen molar-refractivity contribution < 1.29 is 15.0 Å². The van der Waals surface area contributed by atoms with Gasteiger partial charge in [0.1, 0.15) is 11.5 Å². The molecular formula is C23H28ClN3O3. The number of amides is 1. The van der Waals surface area contributed by atoms with Crippen LogP contribution < -0.4 is 0 Å². The Kier molecular flexibility index (Phi) is 6.18. The fraction of sp³-hybridized carbons (Fsp3) is 0.435. The maximum Gasteiger partial charge on any atom is 0.258 e. The molecule has 4 rings (SSSR count). The first-order valence-corrected chi connectivity index (χ1v) is 10.8. The van der Waals surface area contributed by atoms with Gasteiger partial charge < -0.3 is 20.0 Å². The average molecular weight is 430 g/mol. The molecule has 2 fully saturated rings. The summed E-state index contributed by atoms with van der Waals surface area (Å²) in [5.41, 5.74) is 2.51. The van der Waals surface area contributed by atoms with Gasteiger partial charge in [-0.05, 0) is 37.1 Å². The van der Waals surface area contributed by atoms with Crippen molar-refractivity contribution in [1.29, 1.82) is 0 Å². The summed E-state index contributed by atoms with van der Waals surface area (Å²) in [4.78, 5) is 19.7. The number of likely N-dealkylation sites (N-methyl/N-ethyl adjacent to an activating group) is 1. The van der Waals surface area contributed by atoms with E-state index >= 15 is 0 Å². The summed E-state index contributed by atoms with van der Waals surface area (Å²) in [5.74, 6) is -0.756. The predicted molar refractivity (Wildman–Crippen MR) is 117 cm³/mol. The third-order valence-corrected chi connectivity index (χ3v) is 6.48. The minimum atomic E-state index is -0.265. The van der Waals surface area contributed by atoms with Crippen LogP contribution in [-0.2, 0) is 6.54 Å². The third-order valence-electron chi connectivity index (χ3n) is 6.18. The van der Waals surface area contributed by atoms with E-state index in [1.807, 2.05) is 0 Å². The van der Waals surface area contributed by atoms with Gasteiger partial charge in [-0.15, -0.1) is 0 Å². The molecule has 2 heterocycles. The van der Waals surface area contributed by atoms with Crippen molar-refractivity contribution in [2.45, 2.75) is 25.4 Å². The second-order valence-corrected chi connectivity index (χ2v) is 8.71. The zero-order valence-electron chi connectivity index (χ0n) is 17.2. The van der Waals surface area contributed by atoms with Gasteiger partial charge in [-0.25, -0.2) is 0 Å². The third kappa shape index (κ3) is 4.41. The van der Waals surface area contributed by atoms with E-state index < -0.39 is 0 Å². The largest absolute Gasteiger partial charge is 0.507 e. The van der Waals surface area contributed by atoms with Crippen LogP contribution in [0.2, 0.25) is 5.02 Å². The number of phenols is 2. The number of benzene rings is 2. The minimum absolute atomic E-state index is 0.0258. The molecule has 2 aromatic rings.